The molecule has 1 amide bonds. The molecule has 0 aliphatic carbocycles. The van der Waals surface area contributed by atoms with Crippen molar-refractivity contribution < 1.29 is 14.3 Å². The van der Waals surface area contributed by atoms with E-state index >= 15 is 0 Å². The van der Waals surface area contributed by atoms with E-state index in [1.165, 1.54) is 11.8 Å². The minimum Gasteiger partial charge on any atom is -0.455 e. The number of nitrogen functional groups attached to an aromatic ring is 1. The monoisotopic (exact) mass is 468 g/mol. The summed E-state index contributed by atoms with van der Waals surface area (Å²) < 4.78 is 5.56. The summed E-state index contributed by atoms with van der Waals surface area (Å²) in [6, 6.07) is 14.4. The van der Waals surface area contributed by atoms with Crippen LogP contribution in [0.3, 0.4) is 0 Å². The van der Waals surface area contributed by atoms with Gasteiger partial charge in [-0.1, -0.05) is 35.5 Å². The lowest BCUT2D eigenvalue weighted by atomic mass is 10.2. The topological polar surface area (TPSA) is 123 Å². The highest BCUT2D eigenvalue weighted by Gasteiger charge is 2.58. The lowest BCUT2D eigenvalue weighted by Crippen LogP contribution is -2.47. The van der Waals surface area contributed by atoms with E-state index in [0.717, 1.165) is 10.6 Å². The average Bonchev–Trinajstić information content (AvgIpc) is 3.29. The van der Waals surface area contributed by atoms with Crippen molar-refractivity contribution in [2.24, 2.45) is 0 Å². The molecule has 5 rings (SSSR count). The number of hydrogen-bond donors (Lipinski definition) is 2. The fraction of sp³-hybridized carbons (Fsp3) is 0.190. The van der Waals surface area contributed by atoms with E-state index in [2.05, 4.69) is 20.3 Å². The second-order valence-corrected chi connectivity index (χ2v) is 8.98. The van der Waals surface area contributed by atoms with E-state index < -0.39 is 10.8 Å². The third-order valence-corrected chi connectivity index (χ3v) is 6.83. The Hall–Kier alpha value is -3.37. The largest absolute Gasteiger partial charge is 0.455 e. The number of thioether (sulfide) groups is 1. The first-order chi connectivity index (χ1) is 15.4. The van der Waals surface area contributed by atoms with Crippen LogP contribution in [0.1, 0.15) is 18.7 Å². The second-order valence-electron chi connectivity index (χ2n) is 7.22. The molecule has 3 N–H and O–H groups in total. The molecule has 162 valence electrons. The molecule has 1 fully saturated rings. The van der Waals surface area contributed by atoms with E-state index in [4.69, 9.17) is 22.1 Å². The highest BCUT2D eigenvalue weighted by Crippen LogP contribution is 2.56. The average molecular weight is 469 g/mol. The number of anilines is 4. The van der Waals surface area contributed by atoms with Crippen LogP contribution < -0.4 is 16.0 Å². The third-order valence-electron chi connectivity index (χ3n) is 5.12. The lowest BCUT2D eigenvalue weighted by molar-refractivity contribution is -0.148. The maximum Gasteiger partial charge on any atom is 0.343 e. The minimum atomic E-state index is -1.11. The van der Waals surface area contributed by atoms with Crippen molar-refractivity contribution in [1.82, 2.24) is 15.0 Å². The van der Waals surface area contributed by atoms with Gasteiger partial charge in [0.1, 0.15) is 0 Å². The van der Waals surface area contributed by atoms with Crippen molar-refractivity contribution >= 4 is 58.5 Å². The molecule has 2 aromatic carbocycles. The predicted molar refractivity (Wildman–Crippen MR) is 121 cm³/mol. The van der Waals surface area contributed by atoms with E-state index in [-0.39, 0.29) is 36.7 Å². The number of nitrogens with zero attached hydrogens (tertiary/aromatic N) is 4. The van der Waals surface area contributed by atoms with E-state index in [0.29, 0.717) is 17.1 Å². The number of para-hydroxylation sites is 1. The van der Waals surface area contributed by atoms with Gasteiger partial charge in [-0.05, 0) is 36.4 Å². The van der Waals surface area contributed by atoms with Crippen LogP contribution in [-0.4, -0.2) is 31.7 Å². The number of nitrogens with one attached hydrogen (secondary N) is 1. The van der Waals surface area contributed by atoms with Crippen LogP contribution in [-0.2, 0) is 20.9 Å². The normalized spacial score (nSPS) is 18.9. The van der Waals surface area contributed by atoms with Crippen molar-refractivity contribution in [2.45, 2.75) is 29.2 Å². The lowest BCUT2D eigenvalue weighted by Gasteiger charge is -2.28. The quantitative estimate of drug-likeness (QED) is 0.541. The van der Waals surface area contributed by atoms with Crippen molar-refractivity contribution in [3.05, 3.63) is 59.4 Å². The van der Waals surface area contributed by atoms with Crippen LogP contribution >= 0.6 is 23.4 Å². The summed E-state index contributed by atoms with van der Waals surface area (Å²) in [6.45, 7) is -0.207. The Morgan fingerprint density at radius 2 is 1.97 bits per heavy atom. The number of amides is 1. The molecule has 0 spiro atoms. The Labute approximate surface area is 192 Å². The first kappa shape index (κ1) is 20.5. The van der Waals surface area contributed by atoms with Gasteiger partial charge in [0.25, 0.3) is 0 Å². The Morgan fingerprint density at radius 3 is 2.78 bits per heavy atom. The summed E-state index contributed by atoms with van der Waals surface area (Å²) >= 11 is 7.24. The smallest absolute Gasteiger partial charge is 0.343 e. The predicted octanol–water partition coefficient (Wildman–Crippen LogP) is 3.52. The molecular formula is C21H17ClN6O3S. The zero-order valence-corrected chi connectivity index (χ0v) is 18.2. The SMILES string of the molecule is Nc1nc(COC(=O)[C@@]23CCC(=O)N2c2ccccc2S3)nc(Nc2ccc(Cl)cc2)n1. The molecule has 2 aliphatic rings. The molecule has 1 aromatic heterocycles. The highest BCUT2D eigenvalue weighted by molar-refractivity contribution is 8.02. The number of carbonyl (C=O) groups excluding carboxylic acids is 2. The number of hydrogen-bond acceptors (Lipinski definition) is 9. The van der Waals surface area contributed by atoms with E-state index in [1.54, 1.807) is 29.2 Å². The van der Waals surface area contributed by atoms with Crippen LogP contribution in [0.25, 0.3) is 0 Å². The number of carbonyl (C=O) groups is 2. The molecule has 1 atom stereocenters. The maximum atomic E-state index is 13.2. The van der Waals surface area contributed by atoms with Gasteiger partial charge in [-0.2, -0.15) is 15.0 Å². The Morgan fingerprint density at radius 1 is 1.19 bits per heavy atom. The summed E-state index contributed by atoms with van der Waals surface area (Å²) in [5, 5.41) is 3.61. The summed E-state index contributed by atoms with van der Waals surface area (Å²) in [4.78, 5) is 39.4. The molecule has 3 aromatic rings. The number of ether oxygens (including phenoxy) is 1. The molecular weight excluding hydrogens is 452 g/mol. The van der Waals surface area contributed by atoms with Gasteiger partial charge in [-0.15, -0.1) is 0 Å². The number of halogens is 1. The van der Waals surface area contributed by atoms with E-state index in [9.17, 15) is 9.59 Å². The molecule has 1 saturated heterocycles. The number of benzene rings is 2. The van der Waals surface area contributed by atoms with Crippen molar-refractivity contribution in [2.75, 3.05) is 16.0 Å². The molecule has 3 heterocycles. The third kappa shape index (κ3) is 3.61. The molecule has 32 heavy (non-hydrogen) atoms. The van der Waals surface area contributed by atoms with Gasteiger partial charge in [0.15, 0.2) is 17.3 Å². The first-order valence-corrected chi connectivity index (χ1v) is 11.0. The van der Waals surface area contributed by atoms with Crippen molar-refractivity contribution in [1.29, 1.82) is 0 Å². The van der Waals surface area contributed by atoms with Gasteiger partial charge >= 0.3 is 5.97 Å². The van der Waals surface area contributed by atoms with E-state index in [1.807, 2.05) is 24.3 Å². The maximum absolute atomic E-state index is 13.2. The van der Waals surface area contributed by atoms with Crippen molar-refractivity contribution in [3.63, 3.8) is 0 Å². The van der Waals surface area contributed by atoms with Gasteiger partial charge in [0.2, 0.25) is 17.8 Å². The Balaban J connectivity index is 1.33. The van der Waals surface area contributed by atoms with Crippen molar-refractivity contribution in [3.8, 4) is 0 Å². The summed E-state index contributed by atoms with van der Waals surface area (Å²) in [6.07, 6.45) is 0.650. The minimum absolute atomic E-state index is 0.0130. The molecule has 0 radical (unpaired) electrons. The molecule has 9 nitrogen and oxygen atoms in total. The second kappa shape index (κ2) is 7.95. The molecule has 0 unspecified atom stereocenters. The number of rotatable bonds is 5. The molecule has 11 heteroatoms. The van der Waals surface area contributed by atoms with Gasteiger partial charge in [0.05, 0.1) is 5.69 Å². The standard InChI is InChI=1S/C21H17ClN6O3S/c22-12-5-7-13(8-6-12)24-20-26-16(25-19(23)27-20)11-31-18(30)21-10-9-17(29)28(21)14-3-1-2-4-15(14)32-21/h1-8H,9-11H2,(H3,23,24,25,26,27)/t21-/m0/s1. The fourth-order valence-electron chi connectivity index (χ4n) is 3.74. The number of nitrogens with two attached hydrogens (primary N) is 1. The molecule has 0 saturated carbocycles. The summed E-state index contributed by atoms with van der Waals surface area (Å²) in [5.74, 6) is -0.227. The number of aromatic nitrogens is 3. The van der Waals surface area contributed by atoms with Crippen LogP contribution in [0.15, 0.2) is 53.4 Å². The van der Waals surface area contributed by atoms with Crippen LogP contribution in [0, 0.1) is 0 Å². The zero-order valence-electron chi connectivity index (χ0n) is 16.6. The summed E-state index contributed by atoms with van der Waals surface area (Å²) in [5.41, 5.74) is 7.25. The van der Waals surface area contributed by atoms with Gasteiger partial charge in [0, 0.05) is 28.4 Å². The number of fused-ring (bicyclic) bond motifs is 3. The Kier molecular flexibility index (Phi) is 5.10. The van der Waals surface area contributed by atoms with Gasteiger partial charge < -0.3 is 15.8 Å². The zero-order chi connectivity index (χ0) is 22.3. The Bertz CT molecular complexity index is 1220. The van der Waals surface area contributed by atoms with Gasteiger partial charge in [-0.25, -0.2) is 4.79 Å². The first-order valence-electron chi connectivity index (χ1n) is 9.76. The van der Waals surface area contributed by atoms with Crippen LogP contribution in [0.4, 0.5) is 23.3 Å². The highest BCUT2D eigenvalue weighted by atomic mass is 35.5. The summed E-state index contributed by atoms with van der Waals surface area (Å²) in [7, 11) is 0. The fourth-order valence-corrected chi connectivity index (χ4v) is 5.27. The molecule has 2 aliphatic heterocycles. The van der Waals surface area contributed by atoms with Crippen LogP contribution in [0.2, 0.25) is 5.02 Å². The van der Waals surface area contributed by atoms with Crippen LogP contribution in [0.5, 0.6) is 0 Å². The van der Waals surface area contributed by atoms with Gasteiger partial charge in [-0.3, -0.25) is 9.69 Å². The number of esters is 1. The molecule has 0 bridgehead atoms.